The molecule has 1 heterocycles. The summed E-state index contributed by atoms with van der Waals surface area (Å²) in [6.45, 7) is 1.43. The number of nitrogens with one attached hydrogen (secondary N) is 1. The molecule has 1 aliphatic rings. The van der Waals surface area contributed by atoms with E-state index in [0.717, 1.165) is 0 Å². The third-order valence-electron chi connectivity index (χ3n) is 2.86. The Morgan fingerprint density at radius 1 is 1.14 bits per heavy atom. The van der Waals surface area contributed by atoms with Gasteiger partial charge in [-0.3, -0.25) is 14.4 Å². The smallest absolute Gasteiger partial charge is 0.345 e. The van der Waals surface area contributed by atoms with Crippen LogP contribution < -0.4 is 5.32 Å². The Labute approximate surface area is 120 Å². The molecule has 0 bridgehead atoms. The SMILES string of the molecule is CCCC(=O)NCC(=O)ON1C(=O)c2ccccc2C1=O. The van der Waals surface area contributed by atoms with E-state index in [1.165, 1.54) is 12.1 Å². The van der Waals surface area contributed by atoms with Gasteiger partial charge in [0.25, 0.3) is 11.8 Å². The number of amides is 3. The Morgan fingerprint density at radius 2 is 1.71 bits per heavy atom. The molecule has 0 fully saturated rings. The normalized spacial score (nSPS) is 13.1. The molecule has 0 radical (unpaired) electrons. The third-order valence-corrected chi connectivity index (χ3v) is 2.86. The van der Waals surface area contributed by atoms with Crippen LogP contribution in [0.15, 0.2) is 24.3 Å². The summed E-state index contributed by atoms with van der Waals surface area (Å²) in [7, 11) is 0. The summed E-state index contributed by atoms with van der Waals surface area (Å²) in [5.41, 5.74) is 0.371. The molecule has 110 valence electrons. The zero-order chi connectivity index (χ0) is 15.4. The lowest BCUT2D eigenvalue weighted by Gasteiger charge is -2.12. The summed E-state index contributed by atoms with van der Waals surface area (Å²) in [5.74, 6) is -2.56. The number of benzene rings is 1. The van der Waals surface area contributed by atoms with Crippen molar-refractivity contribution in [3.8, 4) is 0 Å². The molecular weight excluding hydrogens is 276 g/mol. The summed E-state index contributed by atoms with van der Waals surface area (Å²) < 4.78 is 0. The molecule has 1 N–H and O–H groups in total. The zero-order valence-electron chi connectivity index (χ0n) is 11.4. The number of rotatable bonds is 5. The molecule has 0 aliphatic carbocycles. The van der Waals surface area contributed by atoms with Gasteiger partial charge in [-0.25, -0.2) is 4.79 Å². The molecular formula is C14H14N2O5. The Balaban J connectivity index is 1.96. The van der Waals surface area contributed by atoms with Crippen molar-refractivity contribution in [1.29, 1.82) is 0 Å². The van der Waals surface area contributed by atoms with Crippen LogP contribution in [0.1, 0.15) is 40.5 Å². The molecule has 21 heavy (non-hydrogen) atoms. The summed E-state index contributed by atoms with van der Waals surface area (Å²) >= 11 is 0. The van der Waals surface area contributed by atoms with Crippen LogP contribution >= 0.6 is 0 Å². The van der Waals surface area contributed by atoms with Crippen LogP contribution in [0.3, 0.4) is 0 Å². The molecule has 1 aromatic rings. The van der Waals surface area contributed by atoms with Crippen molar-refractivity contribution in [2.24, 2.45) is 0 Å². The first kappa shape index (κ1) is 14.7. The second kappa shape index (κ2) is 6.17. The van der Waals surface area contributed by atoms with Crippen LogP contribution in [0.5, 0.6) is 0 Å². The summed E-state index contributed by atoms with van der Waals surface area (Å²) in [6, 6.07) is 6.18. The van der Waals surface area contributed by atoms with Crippen LogP contribution in [0.4, 0.5) is 0 Å². The van der Waals surface area contributed by atoms with E-state index in [-0.39, 0.29) is 17.0 Å². The highest BCUT2D eigenvalue weighted by atomic mass is 16.7. The largest absolute Gasteiger partial charge is 0.352 e. The molecule has 0 saturated carbocycles. The lowest BCUT2D eigenvalue weighted by molar-refractivity contribution is -0.167. The van der Waals surface area contributed by atoms with Gasteiger partial charge in [-0.1, -0.05) is 24.1 Å². The fraction of sp³-hybridized carbons (Fsp3) is 0.286. The first-order valence-electron chi connectivity index (χ1n) is 6.50. The van der Waals surface area contributed by atoms with Crippen LogP contribution in [-0.2, 0) is 14.4 Å². The van der Waals surface area contributed by atoms with Crippen LogP contribution in [0.2, 0.25) is 0 Å². The first-order valence-corrected chi connectivity index (χ1v) is 6.50. The second-order valence-corrected chi connectivity index (χ2v) is 4.44. The minimum absolute atomic E-state index is 0.185. The molecule has 1 aliphatic heterocycles. The Kier molecular flexibility index (Phi) is 4.32. The average Bonchev–Trinajstić information content (AvgIpc) is 2.71. The van der Waals surface area contributed by atoms with E-state index in [1.54, 1.807) is 12.1 Å². The van der Waals surface area contributed by atoms with Crippen LogP contribution in [-0.4, -0.2) is 35.3 Å². The number of imide groups is 1. The van der Waals surface area contributed by atoms with Crippen LogP contribution in [0.25, 0.3) is 0 Å². The van der Waals surface area contributed by atoms with Gasteiger partial charge in [0.05, 0.1) is 11.1 Å². The number of fused-ring (bicyclic) bond motifs is 1. The molecule has 7 heteroatoms. The number of carbonyl (C=O) groups is 4. The molecule has 0 spiro atoms. The molecule has 2 rings (SSSR count). The minimum atomic E-state index is -0.881. The summed E-state index contributed by atoms with van der Waals surface area (Å²) in [6.07, 6.45) is 0.944. The predicted molar refractivity (Wildman–Crippen MR) is 71.0 cm³/mol. The second-order valence-electron chi connectivity index (χ2n) is 4.44. The number of carbonyl (C=O) groups excluding carboxylic acids is 4. The van der Waals surface area contributed by atoms with Crippen molar-refractivity contribution in [1.82, 2.24) is 10.4 Å². The van der Waals surface area contributed by atoms with Gasteiger partial charge >= 0.3 is 5.97 Å². The van der Waals surface area contributed by atoms with Crippen molar-refractivity contribution >= 4 is 23.7 Å². The maximum atomic E-state index is 11.9. The molecule has 7 nitrogen and oxygen atoms in total. The van der Waals surface area contributed by atoms with Crippen molar-refractivity contribution in [3.05, 3.63) is 35.4 Å². The number of nitrogens with zero attached hydrogens (tertiary/aromatic N) is 1. The Bertz CT molecular complexity index is 576. The maximum Gasteiger partial charge on any atom is 0.352 e. The van der Waals surface area contributed by atoms with Crippen molar-refractivity contribution in [2.75, 3.05) is 6.54 Å². The lowest BCUT2D eigenvalue weighted by atomic mass is 10.1. The Hall–Kier alpha value is -2.70. The highest BCUT2D eigenvalue weighted by molar-refractivity contribution is 6.20. The van der Waals surface area contributed by atoms with Crippen molar-refractivity contribution in [2.45, 2.75) is 19.8 Å². The van der Waals surface area contributed by atoms with Gasteiger partial charge in [0.15, 0.2) is 0 Å². The number of hydrogen-bond donors (Lipinski definition) is 1. The van der Waals surface area contributed by atoms with Gasteiger partial charge < -0.3 is 10.2 Å². The molecule has 1 aromatic carbocycles. The van der Waals surface area contributed by atoms with Gasteiger partial charge in [0.1, 0.15) is 6.54 Å². The highest BCUT2D eigenvalue weighted by Gasteiger charge is 2.38. The lowest BCUT2D eigenvalue weighted by Crippen LogP contribution is -2.37. The molecule has 0 aromatic heterocycles. The van der Waals surface area contributed by atoms with Crippen LogP contribution in [0, 0.1) is 0 Å². The van der Waals surface area contributed by atoms with E-state index in [9.17, 15) is 19.2 Å². The number of hydrogen-bond acceptors (Lipinski definition) is 5. The van der Waals surface area contributed by atoms with Gasteiger partial charge in [0.2, 0.25) is 5.91 Å². The fourth-order valence-electron chi connectivity index (χ4n) is 1.87. The maximum absolute atomic E-state index is 11.9. The van der Waals surface area contributed by atoms with E-state index in [2.05, 4.69) is 5.32 Å². The first-order chi connectivity index (χ1) is 10.0. The van der Waals surface area contributed by atoms with E-state index in [1.807, 2.05) is 6.92 Å². The predicted octanol–water partition coefficient (Wildman–Crippen LogP) is 0.657. The molecule has 0 saturated heterocycles. The van der Waals surface area contributed by atoms with Gasteiger partial charge in [-0.15, -0.1) is 0 Å². The topological polar surface area (TPSA) is 92.8 Å². The van der Waals surface area contributed by atoms with Gasteiger partial charge in [-0.2, -0.15) is 0 Å². The highest BCUT2D eigenvalue weighted by Crippen LogP contribution is 2.22. The quantitative estimate of drug-likeness (QED) is 0.804. The average molecular weight is 290 g/mol. The molecule has 3 amide bonds. The zero-order valence-corrected chi connectivity index (χ0v) is 11.4. The van der Waals surface area contributed by atoms with Gasteiger partial charge in [-0.05, 0) is 18.6 Å². The molecule has 0 unspecified atom stereocenters. The van der Waals surface area contributed by atoms with Crippen molar-refractivity contribution in [3.63, 3.8) is 0 Å². The minimum Gasteiger partial charge on any atom is -0.345 e. The van der Waals surface area contributed by atoms with E-state index < -0.39 is 24.3 Å². The third kappa shape index (κ3) is 3.07. The number of hydroxylamine groups is 2. The van der Waals surface area contributed by atoms with Gasteiger partial charge in [0, 0.05) is 6.42 Å². The monoisotopic (exact) mass is 290 g/mol. The summed E-state index contributed by atoms with van der Waals surface area (Å²) in [4.78, 5) is 51.4. The van der Waals surface area contributed by atoms with E-state index in [0.29, 0.717) is 17.9 Å². The Morgan fingerprint density at radius 3 is 2.24 bits per heavy atom. The summed E-state index contributed by atoms with van der Waals surface area (Å²) in [5, 5.41) is 2.76. The standard InChI is InChI=1S/C14H14N2O5/c1-2-5-11(17)15-8-12(18)21-16-13(19)9-6-3-4-7-10(9)14(16)20/h3-4,6-7H,2,5,8H2,1H3,(H,15,17). The van der Waals surface area contributed by atoms with E-state index >= 15 is 0 Å². The molecule has 0 atom stereocenters. The van der Waals surface area contributed by atoms with Crippen molar-refractivity contribution < 1.29 is 24.0 Å². The van der Waals surface area contributed by atoms with E-state index in [4.69, 9.17) is 4.84 Å². The fourth-order valence-corrected chi connectivity index (χ4v) is 1.87.